The Hall–Kier alpha value is -1.91. The van der Waals surface area contributed by atoms with Crippen molar-refractivity contribution >= 4 is 17.0 Å². The fraction of sp³-hybridized carbons (Fsp3) is 0.111. The molecule has 0 unspecified atom stereocenters. The lowest BCUT2D eigenvalue weighted by atomic mass is 10.2. The monoisotopic (exact) mass is 194 g/mol. The third-order valence-electron chi connectivity index (χ3n) is 1.90. The van der Waals surface area contributed by atoms with Gasteiger partial charge in [0.15, 0.2) is 0 Å². The molecule has 2 aromatic rings. The molecule has 0 amide bonds. The van der Waals surface area contributed by atoms with Gasteiger partial charge in [-0.05, 0) is 6.07 Å². The molecule has 0 atom stereocenters. The van der Waals surface area contributed by atoms with Crippen molar-refractivity contribution in [2.75, 3.05) is 7.11 Å². The van der Waals surface area contributed by atoms with Crippen molar-refractivity contribution in [3.05, 3.63) is 29.8 Å². The molecule has 72 valence electrons. The van der Waals surface area contributed by atoms with Gasteiger partial charge in [-0.15, -0.1) is 0 Å². The van der Waals surface area contributed by atoms with E-state index in [1.165, 1.54) is 19.4 Å². The Morgan fingerprint density at radius 3 is 3.14 bits per heavy atom. The minimum Gasteiger partial charge on any atom is -0.465 e. The van der Waals surface area contributed by atoms with Gasteiger partial charge in [0.2, 0.25) is 0 Å². The SMILES string of the molecule is COC(=O)c1c[nH]c2ncc(F)cc12. The highest BCUT2D eigenvalue weighted by molar-refractivity contribution is 6.02. The van der Waals surface area contributed by atoms with Crippen LogP contribution in [0.5, 0.6) is 0 Å². The number of aromatic nitrogens is 2. The molecule has 2 rings (SSSR count). The predicted molar refractivity (Wildman–Crippen MR) is 47.4 cm³/mol. The van der Waals surface area contributed by atoms with Crippen molar-refractivity contribution in [2.45, 2.75) is 0 Å². The average molecular weight is 194 g/mol. The van der Waals surface area contributed by atoms with E-state index in [9.17, 15) is 9.18 Å². The molecular weight excluding hydrogens is 187 g/mol. The lowest BCUT2D eigenvalue weighted by molar-refractivity contribution is 0.0603. The van der Waals surface area contributed by atoms with Crippen LogP contribution < -0.4 is 0 Å². The van der Waals surface area contributed by atoms with Crippen LogP contribution in [0.15, 0.2) is 18.5 Å². The molecule has 2 aromatic heterocycles. The lowest BCUT2D eigenvalue weighted by Gasteiger charge is -1.95. The van der Waals surface area contributed by atoms with Crippen molar-refractivity contribution in [3.63, 3.8) is 0 Å². The number of fused-ring (bicyclic) bond motifs is 1. The number of hydrogen-bond acceptors (Lipinski definition) is 3. The maximum absolute atomic E-state index is 12.8. The Bertz CT molecular complexity index is 493. The Morgan fingerprint density at radius 2 is 2.43 bits per heavy atom. The first-order chi connectivity index (χ1) is 6.72. The molecule has 0 aromatic carbocycles. The smallest absolute Gasteiger partial charge is 0.340 e. The number of esters is 1. The van der Waals surface area contributed by atoms with Crippen LogP contribution in [0.4, 0.5) is 4.39 Å². The molecule has 0 bridgehead atoms. The summed E-state index contributed by atoms with van der Waals surface area (Å²) in [5.74, 6) is -0.995. The molecule has 14 heavy (non-hydrogen) atoms. The molecule has 0 saturated carbocycles. The number of carbonyl (C=O) groups excluding carboxylic acids is 1. The Morgan fingerprint density at radius 1 is 1.64 bits per heavy atom. The van der Waals surface area contributed by atoms with Crippen LogP contribution in [0.3, 0.4) is 0 Å². The highest BCUT2D eigenvalue weighted by atomic mass is 19.1. The van der Waals surface area contributed by atoms with Gasteiger partial charge in [0.05, 0.1) is 18.9 Å². The highest BCUT2D eigenvalue weighted by Gasteiger charge is 2.13. The van der Waals surface area contributed by atoms with Crippen LogP contribution >= 0.6 is 0 Å². The van der Waals surface area contributed by atoms with Crippen LogP contribution in [0.25, 0.3) is 11.0 Å². The van der Waals surface area contributed by atoms with Crippen molar-refractivity contribution in [1.82, 2.24) is 9.97 Å². The van der Waals surface area contributed by atoms with Gasteiger partial charge in [-0.3, -0.25) is 0 Å². The van der Waals surface area contributed by atoms with Gasteiger partial charge in [-0.25, -0.2) is 14.2 Å². The topological polar surface area (TPSA) is 55.0 Å². The second-order valence-electron chi connectivity index (χ2n) is 2.74. The summed E-state index contributed by atoms with van der Waals surface area (Å²) in [5, 5.41) is 0.428. The number of rotatable bonds is 1. The van der Waals surface area contributed by atoms with E-state index in [4.69, 9.17) is 0 Å². The van der Waals surface area contributed by atoms with E-state index in [0.717, 1.165) is 6.20 Å². The summed E-state index contributed by atoms with van der Waals surface area (Å²) in [4.78, 5) is 17.7. The van der Waals surface area contributed by atoms with Gasteiger partial charge in [0.25, 0.3) is 0 Å². The zero-order valence-electron chi connectivity index (χ0n) is 7.37. The summed E-state index contributed by atoms with van der Waals surface area (Å²) in [5.41, 5.74) is 0.751. The largest absolute Gasteiger partial charge is 0.465 e. The Labute approximate surface area is 78.7 Å². The lowest BCUT2D eigenvalue weighted by Crippen LogP contribution is -1.99. The number of H-pyrrole nitrogens is 1. The molecule has 0 aliphatic rings. The third kappa shape index (κ3) is 1.22. The maximum atomic E-state index is 12.8. The van der Waals surface area contributed by atoms with E-state index in [1.807, 2.05) is 0 Å². The predicted octanol–water partition coefficient (Wildman–Crippen LogP) is 1.49. The number of hydrogen-bond donors (Lipinski definition) is 1. The molecular formula is C9H7FN2O2. The first kappa shape index (κ1) is 8.68. The zero-order chi connectivity index (χ0) is 10.1. The second kappa shape index (κ2) is 3.10. The molecule has 0 saturated heterocycles. The van der Waals surface area contributed by atoms with Gasteiger partial charge < -0.3 is 9.72 Å². The molecule has 0 fully saturated rings. The summed E-state index contributed by atoms with van der Waals surface area (Å²) in [6, 6.07) is 1.24. The minimum absolute atomic E-state index is 0.287. The Kier molecular flexibility index (Phi) is 1.92. The van der Waals surface area contributed by atoms with E-state index in [0.29, 0.717) is 11.0 Å². The second-order valence-corrected chi connectivity index (χ2v) is 2.74. The van der Waals surface area contributed by atoms with Gasteiger partial charge in [-0.1, -0.05) is 0 Å². The number of nitrogens with zero attached hydrogens (tertiary/aromatic N) is 1. The van der Waals surface area contributed by atoms with E-state index >= 15 is 0 Å². The van der Waals surface area contributed by atoms with Crippen LogP contribution in [0.1, 0.15) is 10.4 Å². The molecule has 1 N–H and O–H groups in total. The molecule has 4 nitrogen and oxygen atoms in total. The number of carbonyl (C=O) groups is 1. The summed E-state index contributed by atoms with van der Waals surface area (Å²) < 4.78 is 17.4. The number of halogens is 1. The van der Waals surface area contributed by atoms with Crippen molar-refractivity contribution in [1.29, 1.82) is 0 Å². The fourth-order valence-electron chi connectivity index (χ4n) is 1.26. The Balaban J connectivity index is 2.67. The zero-order valence-corrected chi connectivity index (χ0v) is 7.37. The average Bonchev–Trinajstić information content (AvgIpc) is 2.59. The summed E-state index contributed by atoms with van der Waals surface area (Å²) >= 11 is 0. The maximum Gasteiger partial charge on any atom is 0.340 e. The third-order valence-corrected chi connectivity index (χ3v) is 1.90. The van der Waals surface area contributed by atoms with Gasteiger partial charge in [0.1, 0.15) is 11.5 Å². The number of aromatic amines is 1. The molecule has 5 heteroatoms. The number of nitrogens with one attached hydrogen (secondary N) is 1. The van der Waals surface area contributed by atoms with E-state index in [1.54, 1.807) is 0 Å². The first-order valence-electron chi connectivity index (χ1n) is 3.93. The van der Waals surface area contributed by atoms with Gasteiger partial charge in [0, 0.05) is 11.6 Å². The fourth-order valence-corrected chi connectivity index (χ4v) is 1.26. The van der Waals surface area contributed by atoms with E-state index in [2.05, 4.69) is 14.7 Å². The molecule has 2 heterocycles. The number of pyridine rings is 1. The first-order valence-corrected chi connectivity index (χ1v) is 3.93. The standard InChI is InChI=1S/C9H7FN2O2/c1-14-9(13)7-4-12-8-6(7)2-5(10)3-11-8/h2-4H,1H3,(H,11,12). The van der Waals surface area contributed by atoms with Crippen molar-refractivity contribution in [2.24, 2.45) is 0 Å². The molecule has 0 spiro atoms. The molecule has 0 aliphatic carbocycles. The number of methoxy groups -OCH3 is 1. The summed E-state index contributed by atoms with van der Waals surface area (Å²) in [6.45, 7) is 0. The highest BCUT2D eigenvalue weighted by Crippen LogP contribution is 2.17. The van der Waals surface area contributed by atoms with Gasteiger partial charge in [-0.2, -0.15) is 0 Å². The van der Waals surface area contributed by atoms with Crippen LogP contribution in [0.2, 0.25) is 0 Å². The van der Waals surface area contributed by atoms with E-state index < -0.39 is 11.8 Å². The van der Waals surface area contributed by atoms with Crippen molar-refractivity contribution < 1.29 is 13.9 Å². The van der Waals surface area contributed by atoms with Crippen molar-refractivity contribution in [3.8, 4) is 0 Å². The van der Waals surface area contributed by atoms with E-state index in [-0.39, 0.29) is 5.56 Å². The normalized spacial score (nSPS) is 10.4. The van der Waals surface area contributed by atoms with Crippen LogP contribution in [0, 0.1) is 5.82 Å². The minimum atomic E-state index is -0.511. The van der Waals surface area contributed by atoms with Gasteiger partial charge >= 0.3 is 5.97 Å². The number of ether oxygens (including phenoxy) is 1. The van der Waals surface area contributed by atoms with Crippen LogP contribution in [-0.4, -0.2) is 23.0 Å². The quantitative estimate of drug-likeness (QED) is 0.699. The molecule has 0 aliphatic heterocycles. The summed E-state index contributed by atoms with van der Waals surface area (Å²) in [7, 11) is 1.27. The summed E-state index contributed by atoms with van der Waals surface area (Å²) in [6.07, 6.45) is 2.53. The van der Waals surface area contributed by atoms with Crippen LogP contribution in [-0.2, 0) is 4.74 Å². The molecule has 0 radical (unpaired) electrons.